The van der Waals surface area contributed by atoms with Gasteiger partial charge in [-0.15, -0.1) is 0 Å². The van der Waals surface area contributed by atoms with E-state index < -0.39 is 0 Å². The lowest BCUT2D eigenvalue weighted by molar-refractivity contribution is 0.0746. The van der Waals surface area contributed by atoms with Gasteiger partial charge < -0.3 is 19.1 Å². The maximum atomic E-state index is 13.3. The van der Waals surface area contributed by atoms with Gasteiger partial charge in [-0.3, -0.25) is 4.79 Å². The largest absolute Gasteiger partial charge is 0.494 e. The lowest BCUT2D eigenvalue weighted by Gasteiger charge is -2.35. The Morgan fingerprint density at radius 1 is 0.927 bits per heavy atom. The quantitative estimate of drug-likeness (QED) is 0.192. The minimum atomic E-state index is 0.0367. The second-order valence-electron chi connectivity index (χ2n) is 10.2. The molecule has 2 aromatic heterocycles. The lowest BCUT2D eigenvalue weighted by Crippen LogP contribution is -2.49. The van der Waals surface area contributed by atoms with E-state index in [4.69, 9.17) is 26.3 Å². The van der Waals surface area contributed by atoms with Gasteiger partial charge in [-0.2, -0.15) is 0 Å². The van der Waals surface area contributed by atoms with E-state index in [1.54, 1.807) is 6.33 Å². The van der Waals surface area contributed by atoms with Crippen LogP contribution in [0.25, 0.3) is 27.8 Å². The summed E-state index contributed by atoms with van der Waals surface area (Å²) in [5, 5.41) is 1.65. The number of amides is 1. The summed E-state index contributed by atoms with van der Waals surface area (Å²) in [6, 6.07) is 25.5. The average molecular weight is 566 g/mol. The third-order valence-electron chi connectivity index (χ3n) is 7.47. The van der Waals surface area contributed by atoms with E-state index in [0.29, 0.717) is 43.4 Å². The minimum absolute atomic E-state index is 0.0367. The predicted octanol–water partition coefficient (Wildman–Crippen LogP) is 6.88. The molecule has 0 radical (unpaired) electrons. The van der Waals surface area contributed by atoms with Crippen LogP contribution in [0, 0.1) is 0 Å². The summed E-state index contributed by atoms with van der Waals surface area (Å²) in [7, 11) is 0. The molecule has 8 heteroatoms. The fraction of sp³-hybridized carbons (Fsp3) is 0.242. The molecule has 1 fully saturated rings. The first-order chi connectivity index (χ1) is 20.1. The summed E-state index contributed by atoms with van der Waals surface area (Å²) in [6.07, 6.45) is 5.83. The number of hydrogen-bond donors (Lipinski definition) is 0. The number of unbranched alkanes of at least 4 members (excludes halogenated alkanes) is 1. The summed E-state index contributed by atoms with van der Waals surface area (Å²) < 4.78 is 7.82. The minimum Gasteiger partial charge on any atom is -0.494 e. The highest BCUT2D eigenvalue weighted by Crippen LogP contribution is 2.37. The Kier molecular flexibility index (Phi) is 7.87. The fourth-order valence-corrected chi connectivity index (χ4v) is 5.46. The van der Waals surface area contributed by atoms with Gasteiger partial charge in [0, 0.05) is 54.2 Å². The molecule has 0 saturated carbocycles. The Labute approximate surface area is 245 Å². The van der Waals surface area contributed by atoms with Crippen molar-refractivity contribution in [3.05, 3.63) is 102 Å². The number of aromatic nitrogens is 3. The fourth-order valence-electron chi connectivity index (χ4n) is 5.28. The SMILES string of the molecule is CCCCOc1ccc(C(=O)N2CCN(c3ncnc4c3c(-c3ccccc3)cn4-c3cccc(Cl)c3)CC2)cc1. The number of rotatable bonds is 8. The standard InChI is InChI=1S/C33H32ClN5O2/c1-2-3-20-41-28-14-12-25(13-15-28)33(40)38-18-16-37(17-19-38)31-30-29(24-8-5-4-6-9-24)22-39(32(30)36-23-35-31)27-11-7-10-26(34)21-27/h4-15,21-23H,2-3,16-20H2,1H3. The van der Waals surface area contributed by atoms with Crippen molar-refractivity contribution in [2.75, 3.05) is 37.7 Å². The molecule has 1 aliphatic rings. The summed E-state index contributed by atoms with van der Waals surface area (Å²) in [5.41, 5.74) is 4.57. The van der Waals surface area contributed by atoms with Gasteiger partial charge in [-0.25, -0.2) is 9.97 Å². The molecular weight excluding hydrogens is 534 g/mol. The van der Waals surface area contributed by atoms with Gasteiger partial charge in [0.05, 0.1) is 12.0 Å². The number of piperazine rings is 1. The molecule has 3 aromatic carbocycles. The van der Waals surface area contributed by atoms with Crippen molar-refractivity contribution in [2.45, 2.75) is 19.8 Å². The summed E-state index contributed by atoms with van der Waals surface area (Å²) in [6.45, 7) is 5.39. The molecule has 7 nitrogen and oxygen atoms in total. The van der Waals surface area contributed by atoms with E-state index in [-0.39, 0.29) is 5.91 Å². The van der Waals surface area contributed by atoms with Crippen LogP contribution in [0.5, 0.6) is 5.75 Å². The van der Waals surface area contributed by atoms with Crippen molar-refractivity contribution in [2.24, 2.45) is 0 Å². The molecule has 0 spiro atoms. The predicted molar refractivity (Wildman–Crippen MR) is 164 cm³/mol. The third kappa shape index (κ3) is 5.63. The van der Waals surface area contributed by atoms with Gasteiger partial charge in [-0.05, 0) is 54.4 Å². The summed E-state index contributed by atoms with van der Waals surface area (Å²) in [5.74, 6) is 1.71. The first kappa shape index (κ1) is 26.8. The van der Waals surface area contributed by atoms with E-state index in [0.717, 1.165) is 52.3 Å². The molecule has 0 aliphatic carbocycles. The van der Waals surface area contributed by atoms with Crippen LogP contribution in [0.4, 0.5) is 5.82 Å². The van der Waals surface area contributed by atoms with Crippen LogP contribution in [-0.2, 0) is 0 Å². The zero-order valence-electron chi connectivity index (χ0n) is 23.0. The Balaban J connectivity index is 1.26. The van der Waals surface area contributed by atoms with Gasteiger partial charge in [-0.1, -0.05) is 61.3 Å². The van der Waals surface area contributed by atoms with Crippen molar-refractivity contribution in [1.29, 1.82) is 0 Å². The number of ether oxygens (including phenoxy) is 1. The van der Waals surface area contributed by atoms with Gasteiger partial charge in [0.1, 0.15) is 17.9 Å². The molecule has 0 bridgehead atoms. The Hall–Kier alpha value is -4.36. The van der Waals surface area contributed by atoms with E-state index in [2.05, 4.69) is 34.7 Å². The molecule has 6 rings (SSSR count). The smallest absolute Gasteiger partial charge is 0.253 e. The van der Waals surface area contributed by atoms with Crippen LogP contribution >= 0.6 is 11.6 Å². The Bertz CT molecular complexity index is 1640. The van der Waals surface area contributed by atoms with Crippen LogP contribution in [0.2, 0.25) is 5.02 Å². The topological polar surface area (TPSA) is 63.5 Å². The van der Waals surface area contributed by atoms with Gasteiger partial charge in [0.15, 0.2) is 5.65 Å². The second-order valence-corrected chi connectivity index (χ2v) is 10.6. The number of hydrogen-bond acceptors (Lipinski definition) is 5. The third-order valence-corrected chi connectivity index (χ3v) is 7.70. The first-order valence-corrected chi connectivity index (χ1v) is 14.4. The van der Waals surface area contributed by atoms with Crippen LogP contribution in [0.15, 0.2) is 91.4 Å². The summed E-state index contributed by atoms with van der Waals surface area (Å²) >= 11 is 6.35. The maximum Gasteiger partial charge on any atom is 0.253 e. The number of anilines is 1. The lowest BCUT2D eigenvalue weighted by atomic mass is 10.1. The molecule has 3 heterocycles. The monoisotopic (exact) mass is 565 g/mol. The molecule has 0 atom stereocenters. The van der Waals surface area contributed by atoms with Crippen molar-refractivity contribution in [1.82, 2.24) is 19.4 Å². The zero-order chi connectivity index (χ0) is 28.2. The number of benzene rings is 3. The van der Waals surface area contributed by atoms with Crippen LogP contribution in [0.3, 0.4) is 0 Å². The average Bonchev–Trinajstić information content (AvgIpc) is 3.42. The van der Waals surface area contributed by atoms with E-state index in [1.807, 2.05) is 71.6 Å². The molecule has 208 valence electrons. The molecule has 1 aliphatic heterocycles. The van der Waals surface area contributed by atoms with Gasteiger partial charge >= 0.3 is 0 Å². The normalized spacial score (nSPS) is 13.5. The molecule has 5 aromatic rings. The van der Waals surface area contributed by atoms with E-state index in [1.165, 1.54) is 0 Å². The van der Waals surface area contributed by atoms with Crippen LogP contribution in [-0.4, -0.2) is 58.1 Å². The molecule has 1 saturated heterocycles. The van der Waals surface area contributed by atoms with Crippen LogP contribution < -0.4 is 9.64 Å². The molecule has 0 unspecified atom stereocenters. The van der Waals surface area contributed by atoms with Crippen molar-refractivity contribution < 1.29 is 9.53 Å². The highest BCUT2D eigenvalue weighted by Gasteiger charge is 2.26. The summed E-state index contributed by atoms with van der Waals surface area (Å²) in [4.78, 5) is 26.9. The van der Waals surface area contributed by atoms with Crippen molar-refractivity contribution in [3.8, 4) is 22.6 Å². The number of carbonyl (C=O) groups is 1. The highest BCUT2D eigenvalue weighted by atomic mass is 35.5. The van der Waals surface area contributed by atoms with Crippen molar-refractivity contribution >= 4 is 34.4 Å². The van der Waals surface area contributed by atoms with Crippen LogP contribution in [0.1, 0.15) is 30.1 Å². The number of halogens is 1. The number of fused-ring (bicyclic) bond motifs is 1. The molecule has 1 amide bonds. The highest BCUT2D eigenvalue weighted by molar-refractivity contribution is 6.30. The number of nitrogens with zero attached hydrogens (tertiary/aromatic N) is 5. The Morgan fingerprint density at radius 2 is 1.71 bits per heavy atom. The van der Waals surface area contributed by atoms with E-state index in [9.17, 15) is 4.79 Å². The Morgan fingerprint density at radius 3 is 2.44 bits per heavy atom. The maximum absolute atomic E-state index is 13.3. The first-order valence-electron chi connectivity index (χ1n) is 14.1. The van der Waals surface area contributed by atoms with E-state index >= 15 is 0 Å². The molecule has 0 N–H and O–H groups in total. The molecule has 41 heavy (non-hydrogen) atoms. The van der Waals surface area contributed by atoms with Gasteiger partial charge in [0.2, 0.25) is 0 Å². The zero-order valence-corrected chi connectivity index (χ0v) is 23.8. The molecular formula is C33H32ClN5O2. The van der Waals surface area contributed by atoms with Crippen molar-refractivity contribution in [3.63, 3.8) is 0 Å². The number of carbonyl (C=O) groups excluding carboxylic acids is 1. The van der Waals surface area contributed by atoms with Gasteiger partial charge in [0.25, 0.3) is 5.91 Å². The second kappa shape index (κ2) is 12.0.